The van der Waals surface area contributed by atoms with Crippen LogP contribution in [0.3, 0.4) is 0 Å². The summed E-state index contributed by atoms with van der Waals surface area (Å²) >= 11 is 6.23. The zero-order valence-corrected chi connectivity index (χ0v) is 17.7. The molecular weight excluding hydrogens is 424 g/mol. The second-order valence-electron chi connectivity index (χ2n) is 7.59. The predicted octanol–water partition coefficient (Wildman–Crippen LogP) is 5.97. The van der Waals surface area contributed by atoms with E-state index in [0.717, 1.165) is 16.3 Å². The number of nitrogens with zero attached hydrogens (tertiary/aromatic N) is 2. The molecule has 1 aliphatic heterocycles. The molecule has 0 aliphatic carbocycles. The first kappa shape index (κ1) is 18.9. The number of hydrogen-bond donors (Lipinski definition) is 0. The molecule has 32 heavy (non-hydrogen) atoms. The number of imidazole rings is 1. The van der Waals surface area contributed by atoms with Crippen LogP contribution in [0.5, 0.6) is 11.5 Å². The third kappa shape index (κ3) is 3.01. The highest BCUT2D eigenvalue weighted by Crippen LogP contribution is 2.34. The van der Waals surface area contributed by atoms with Crippen LogP contribution < -0.4 is 9.47 Å². The van der Waals surface area contributed by atoms with Crippen molar-refractivity contribution in [3.8, 4) is 22.9 Å². The third-order valence-corrected chi connectivity index (χ3v) is 5.87. The zero-order valence-electron chi connectivity index (χ0n) is 16.9. The lowest BCUT2D eigenvalue weighted by Gasteiger charge is -2.19. The highest BCUT2D eigenvalue weighted by molar-refractivity contribution is 6.31. The average molecular weight is 441 g/mol. The maximum Gasteiger partial charge on any atom is 0.264 e. The van der Waals surface area contributed by atoms with Gasteiger partial charge in [-0.05, 0) is 47.2 Å². The standard InChI is InChI=1S/C26H17ClN2O3/c27-18-9-10-22-21(15-18)28-25(20-7-3-5-16-4-1-2-6-19(16)20)29(22)26(30)17-8-11-23-24(14-17)32-13-12-31-23/h1-11,14-15H,12-13H2. The zero-order chi connectivity index (χ0) is 21.7. The summed E-state index contributed by atoms with van der Waals surface area (Å²) in [6, 6.07) is 24.7. The molecule has 156 valence electrons. The largest absolute Gasteiger partial charge is 0.486 e. The minimum Gasteiger partial charge on any atom is -0.486 e. The monoisotopic (exact) mass is 440 g/mol. The molecule has 0 amide bonds. The number of hydrogen-bond acceptors (Lipinski definition) is 4. The van der Waals surface area contributed by atoms with Gasteiger partial charge in [0.1, 0.15) is 19.0 Å². The lowest BCUT2D eigenvalue weighted by Crippen LogP contribution is -2.17. The van der Waals surface area contributed by atoms with Crippen LogP contribution in [-0.4, -0.2) is 28.7 Å². The minimum atomic E-state index is -0.199. The Labute approximate surface area is 188 Å². The summed E-state index contributed by atoms with van der Waals surface area (Å²) in [7, 11) is 0. The van der Waals surface area contributed by atoms with Gasteiger partial charge in [0.15, 0.2) is 11.5 Å². The maximum atomic E-state index is 13.8. The molecule has 0 spiro atoms. The van der Waals surface area contributed by atoms with E-state index in [1.807, 2.05) is 48.5 Å². The molecule has 0 radical (unpaired) electrons. The smallest absolute Gasteiger partial charge is 0.264 e. The molecule has 0 saturated heterocycles. The molecule has 5 nitrogen and oxygen atoms in total. The third-order valence-electron chi connectivity index (χ3n) is 5.64. The number of benzene rings is 4. The molecule has 0 atom stereocenters. The van der Waals surface area contributed by atoms with Crippen LogP contribution in [0.15, 0.2) is 78.9 Å². The predicted molar refractivity (Wildman–Crippen MR) is 125 cm³/mol. The number of halogens is 1. The SMILES string of the molecule is O=C(c1ccc2c(c1)OCCO2)n1c(-c2cccc3ccccc23)nc2cc(Cl)ccc21. The summed E-state index contributed by atoms with van der Waals surface area (Å²) in [4.78, 5) is 18.6. The van der Waals surface area contributed by atoms with Crippen molar-refractivity contribution in [1.29, 1.82) is 0 Å². The van der Waals surface area contributed by atoms with E-state index in [1.165, 1.54) is 0 Å². The van der Waals surface area contributed by atoms with Crippen molar-refractivity contribution in [3.63, 3.8) is 0 Å². The van der Waals surface area contributed by atoms with Crippen molar-refractivity contribution in [1.82, 2.24) is 9.55 Å². The second kappa shape index (κ2) is 7.39. The minimum absolute atomic E-state index is 0.199. The quantitative estimate of drug-likeness (QED) is 0.339. The molecule has 0 saturated carbocycles. The molecule has 5 aromatic rings. The number of carbonyl (C=O) groups excluding carboxylic acids is 1. The van der Waals surface area contributed by atoms with E-state index < -0.39 is 0 Å². The van der Waals surface area contributed by atoms with Gasteiger partial charge in [-0.2, -0.15) is 0 Å². The Morgan fingerprint density at radius 1 is 0.875 bits per heavy atom. The second-order valence-corrected chi connectivity index (χ2v) is 8.03. The summed E-state index contributed by atoms with van der Waals surface area (Å²) in [5.41, 5.74) is 2.72. The molecule has 1 aromatic heterocycles. The summed E-state index contributed by atoms with van der Waals surface area (Å²) in [5.74, 6) is 1.58. The van der Waals surface area contributed by atoms with E-state index in [1.54, 1.807) is 34.9 Å². The average Bonchev–Trinajstić information content (AvgIpc) is 3.21. The lowest BCUT2D eigenvalue weighted by molar-refractivity contribution is 0.0965. The van der Waals surface area contributed by atoms with Gasteiger partial charge in [0, 0.05) is 16.1 Å². The van der Waals surface area contributed by atoms with E-state index in [2.05, 4.69) is 0 Å². The van der Waals surface area contributed by atoms with Crippen molar-refractivity contribution in [3.05, 3.63) is 89.4 Å². The van der Waals surface area contributed by atoms with E-state index in [9.17, 15) is 4.79 Å². The molecule has 6 heteroatoms. The van der Waals surface area contributed by atoms with Crippen molar-refractivity contribution in [2.45, 2.75) is 0 Å². The summed E-state index contributed by atoms with van der Waals surface area (Å²) < 4.78 is 12.9. The van der Waals surface area contributed by atoms with E-state index in [4.69, 9.17) is 26.1 Å². The van der Waals surface area contributed by atoms with Crippen LogP contribution in [0, 0.1) is 0 Å². The Balaban J connectivity index is 1.60. The first-order valence-electron chi connectivity index (χ1n) is 10.3. The highest BCUT2D eigenvalue weighted by Gasteiger charge is 2.23. The van der Waals surface area contributed by atoms with Crippen molar-refractivity contribution in [2.75, 3.05) is 13.2 Å². The summed E-state index contributed by atoms with van der Waals surface area (Å²) in [6.45, 7) is 0.955. The summed E-state index contributed by atoms with van der Waals surface area (Å²) in [5, 5.41) is 2.67. The molecular formula is C26H17ClN2O3. The molecule has 0 bridgehead atoms. The van der Waals surface area contributed by atoms with Gasteiger partial charge in [0.2, 0.25) is 0 Å². The topological polar surface area (TPSA) is 53.4 Å². The fourth-order valence-electron chi connectivity index (χ4n) is 4.17. The molecule has 0 N–H and O–H groups in total. The van der Waals surface area contributed by atoms with E-state index in [0.29, 0.717) is 52.2 Å². The number of fused-ring (bicyclic) bond motifs is 3. The number of ether oxygens (including phenoxy) is 2. The Morgan fingerprint density at radius 2 is 1.69 bits per heavy atom. The van der Waals surface area contributed by atoms with Gasteiger partial charge >= 0.3 is 0 Å². The van der Waals surface area contributed by atoms with E-state index >= 15 is 0 Å². The molecule has 0 unspecified atom stereocenters. The van der Waals surface area contributed by atoms with Gasteiger partial charge in [-0.3, -0.25) is 9.36 Å². The van der Waals surface area contributed by atoms with Crippen molar-refractivity contribution >= 4 is 39.3 Å². The van der Waals surface area contributed by atoms with Crippen LogP contribution >= 0.6 is 11.6 Å². The van der Waals surface area contributed by atoms with Crippen LogP contribution in [0.1, 0.15) is 10.4 Å². The molecule has 6 rings (SSSR count). The highest BCUT2D eigenvalue weighted by atomic mass is 35.5. The van der Waals surface area contributed by atoms with Crippen molar-refractivity contribution < 1.29 is 14.3 Å². The van der Waals surface area contributed by atoms with Gasteiger partial charge < -0.3 is 9.47 Å². The lowest BCUT2D eigenvalue weighted by atomic mass is 10.0. The normalized spacial score (nSPS) is 12.9. The number of aromatic nitrogens is 2. The van der Waals surface area contributed by atoms with Gasteiger partial charge in [0.05, 0.1) is 11.0 Å². The van der Waals surface area contributed by atoms with Gasteiger partial charge in [-0.15, -0.1) is 0 Å². The maximum absolute atomic E-state index is 13.8. The van der Waals surface area contributed by atoms with Gasteiger partial charge in [-0.25, -0.2) is 4.98 Å². The van der Waals surface area contributed by atoms with Gasteiger partial charge in [-0.1, -0.05) is 54.1 Å². The number of carbonyl (C=O) groups is 1. The Hall–Kier alpha value is -3.83. The fourth-order valence-corrected chi connectivity index (χ4v) is 4.33. The molecule has 4 aromatic carbocycles. The van der Waals surface area contributed by atoms with Crippen molar-refractivity contribution in [2.24, 2.45) is 0 Å². The Bertz CT molecular complexity index is 1520. The molecule has 1 aliphatic rings. The fraction of sp³-hybridized carbons (Fsp3) is 0.0769. The van der Waals surface area contributed by atoms with Crippen LogP contribution in [-0.2, 0) is 0 Å². The van der Waals surface area contributed by atoms with Crippen LogP contribution in [0.25, 0.3) is 33.2 Å². The Kier molecular flexibility index (Phi) is 4.37. The first-order chi connectivity index (χ1) is 15.7. The van der Waals surface area contributed by atoms with E-state index in [-0.39, 0.29) is 5.91 Å². The molecule has 0 fully saturated rings. The Morgan fingerprint density at radius 3 is 2.59 bits per heavy atom. The summed E-state index contributed by atoms with van der Waals surface area (Å²) in [6.07, 6.45) is 0. The first-order valence-corrected chi connectivity index (χ1v) is 10.7. The van der Waals surface area contributed by atoms with Gasteiger partial charge in [0.25, 0.3) is 5.91 Å². The van der Waals surface area contributed by atoms with Crippen LogP contribution in [0.4, 0.5) is 0 Å². The van der Waals surface area contributed by atoms with Crippen LogP contribution in [0.2, 0.25) is 5.02 Å². The molecule has 2 heterocycles. The number of rotatable bonds is 2.